The zero-order chi connectivity index (χ0) is 11.8. The number of hydrogen-bond donors (Lipinski definition) is 1. The highest BCUT2D eigenvalue weighted by molar-refractivity contribution is 5.92. The number of nitrogens with zero attached hydrogens (tertiary/aromatic N) is 1. The van der Waals surface area contributed by atoms with Gasteiger partial charge in [0.2, 0.25) is 6.08 Å². The van der Waals surface area contributed by atoms with E-state index in [1.54, 1.807) is 0 Å². The Kier molecular flexibility index (Phi) is 2.29. The third kappa shape index (κ3) is 1.70. The molecule has 3 nitrogen and oxygen atoms in total. The number of isocyanates is 1. The minimum Gasteiger partial charge on any atom is -0.359 e. The number of aliphatic imine (C=N–C) groups is 1. The molecule has 1 heterocycles. The number of alkyl halides is 3. The summed E-state index contributed by atoms with van der Waals surface area (Å²) in [4.78, 5) is 16.1. The molecule has 16 heavy (non-hydrogen) atoms. The van der Waals surface area contributed by atoms with Crippen LogP contribution >= 0.6 is 0 Å². The van der Waals surface area contributed by atoms with Crippen molar-refractivity contribution >= 4 is 22.7 Å². The number of H-pyrrole nitrogens is 1. The maximum atomic E-state index is 12.4. The van der Waals surface area contributed by atoms with Crippen LogP contribution in [0.2, 0.25) is 0 Å². The third-order valence-electron chi connectivity index (χ3n) is 2.15. The topological polar surface area (TPSA) is 45.2 Å². The molecule has 0 amide bonds. The molecule has 0 aliphatic carbocycles. The van der Waals surface area contributed by atoms with E-state index in [0.717, 1.165) is 12.1 Å². The number of nitrogens with one attached hydrogen (secondary N) is 1. The van der Waals surface area contributed by atoms with Gasteiger partial charge in [0.15, 0.2) is 0 Å². The number of carbonyl (C=O) groups excluding carboxylic acids is 1. The minimum absolute atomic E-state index is 0.149. The molecular weight excluding hydrogens is 221 g/mol. The van der Waals surface area contributed by atoms with Gasteiger partial charge in [-0.25, -0.2) is 4.79 Å². The van der Waals surface area contributed by atoms with Crippen molar-refractivity contribution in [3.63, 3.8) is 0 Å². The molecule has 0 saturated heterocycles. The number of aromatic nitrogens is 1. The molecule has 1 aromatic carbocycles. The van der Waals surface area contributed by atoms with Crippen LogP contribution in [-0.4, -0.2) is 11.1 Å². The predicted octanol–water partition coefficient (Wildman–Crippen LogP) is 3.15. The van der Waals surface area contributed by atoms with Gasteiger partial charge in [0, 0.05) is 17.1 Å². The lowest BCUT2D eigenvalue weighted by Gasteiger charge is -2.05. The summed E-state index contributed by atoms with van der Waals surface area (Å²) < 4.78 is 37.3. The van der Waals surface area contributed by atoms with Gasteiger partial charge in [-0.3, -0.25) is 0 Å². The number of fused-ring (bicyclic) bond motifs is 1. The van der Waals surface area contributed by atoms with Crippen LogP contribution in [0, 0.1) is 0 Å². The van der Waals surface area contributed by atoms with Crippen molar-refractivity contribution in [3.05, 3.63) is 30.0 Å². The summed E-state index contributed by atoms with van der Waals surface area (Å²) in [5.41, 5.74) is -0.139. The lowest BCUT2D eigenvalue weighted by molar-refractivity contribution is -0.137. The monoisotopic (exact) mass is 226 g/mol. The Bertz CT molecular complexity index is 579. The average molecular weight is 226 g/mol. The Hall–Kier alpha value is -2.07. The smallest absolute Gasteiger partial charge is 0.359 e. The van der Waals surface area contributed by atoms with Gasteiger partial charge < -0.3 is 4.98 Å². The van der Waals surface area contributed by atoms with Crippen molar-refractivity contribution in [1.82, 2.24) is 4.98 Å². The fourth-order valence-electron chi connectivity index (χ4n) is 1.42. The molecular formula is C10H5F3N2O. The number of hydrogen-bond acceptors (Lipinski definition) is 2. The van der Waals surface area contributed by atoms with Crippen LogP contribution in [0.3, 0.4) is 0 Å². The van der Waals surface area contributed by atoms with Crippen molar-refractivity contribution in [2.45, 2.75) is 6.18 Å². The van der Waals surface area contributed by atoms with Crippen molar-refractivity contribution in [1.29, 1.82) is 0 Å². The van der Waals surface area contributed by atoms with E-state index < -0.39 is 11.7 Å². The molecule has 0 saturated carbocycles. The zero-order valence-corrected chi connectivity index (χ0v) is 7.80. The van der Waals surface area contributed by atoms with E-state index in [-0.39, 0.29) is 11.1 Å². The Morgan fingerprint density at radius 1 is 1.31 bits per heavy atom. The first-order valence-electron chi connectivity index (χ1n) is 4.28. The molecule has 0 bridgehead atoms. The predicted molar refractivity (Wildman–Crippen MR) is 51.1 cm³/mol. The van der Waals surface area contributed by atoms with Crippen LogP contribution in [0.5, 0.6) is 0 Å². The standard InChI is InChI=1S/C10H5F3N2O/c11-10(12,13)6-1-2-8-7(3-6)9(4-14-8)15-5-16/h1-4,14H. The lowest BCUT2D eigenvalue weighted by Crippen LogP contribution is -2.03. The van der Waals surface area contributed by atoms with Gasteiger partial charge in [0.1, 0.15) is 5.69 Å². The van der Waals surface area contributed by atoms with E-state index >= 15 is 0 Å². The fraction of sp³-hybridized carbons (Fsp3) is 0.100. The van der Waals surface area contributed by atoms with Crippen molar-refractivity contribution < 1.29 is 18.0 Å². The Morgan fingerprint density at radius 2 is 2.06 bits per heavy atom. The highest BCUT2D eigenvalue weighted by Gasteiger charge is 2.30. The van der Waals surface area contributed by atoms with Crippen molar-refractivity contribution in [2.75, 3.05) is 0 Å². The fourth-order valence-corrected chi connectivity index (χ4v) is 1.42. The van der Waals surface area contributed by atoms with Crippen molar-refractivity contribution in [2.24, 2.45) is 4.99 Å². The molecule has 0 fully saturated rings. The Labute approximate surface area is 87.6 Å². The molecule has 0 atom stereocenters. The Morgan fingerprint density at radius 3 is 2.69 bits per heavy atom. The SMILES string of the molecule is O=C=Nc1c[nH]c2ccc(C(F)(F)F)cc12. The largest absolute Gasteiger partial charge is 0.416 e. The number of halogens is 3. The van der Waals surface area contributed by atoms with Gasteiger partial charge in [0.05, 0.1) is 5.56 Å². The first-order valence-corrected chi connectivity index (χ1v) is 4.28. The van der Waals surface area contributed by atoms with Crippen LogP contribution in [0.25, 0.3) is 10.9 Å². The van der Waals surface area contributed by atoms with Crippen LogP contribution in [0.1, 0.15) is 5.56 Å². The van der Waals surface area contributed by atoms with Crippen LogP contribution in [0.15, 0.2) is 29.4 Å². The number of rotatable bonds is 1. The molecule has 0 aliphatic heterocycles. The van der Waals surface area contributed by atoms with Gasteiger partial charge in [0.25, 0.3) is 0 Å². The number of benzene rings is 1. The summed E-state index contributed by atoms with van der Waals surface area (Å²) in [6.07, 6.45) is -1.76. The minimum atomic E-state index is -4.41. The third-order valence-corrected chi connectivity index (χ3v) is 2.15. The molecule has 0 spiro atoms. The van der Waals surface area contributed by atoms with E-state index in [9.17, 15) is 18.0 Å². The molecule has 0 aliphatic rings. The van der Waals surface area contributed by atoms with E-state index in [1.165, 1.54) is 18.3 Å². The molecule has 1 aromatic heterocycles. The van der Waals surface area contributed by atoms with E-state index in [2.05, 4.69) is 9.98 Å². The molecule has 0 unspecified atom stereocenters. The van der Waals surface area contributed by atoms with Crippen molar-refractivity contribution in [3.8, 4) is 0 Å². The molecule has 82 valence electrons. The summed E-state index contributed by atoms with van der Waals surface area (Å²) in [5, 5.41) is 0.248. The summed E-state index contributed by atoms with van der Waals surface area (Å²) in [5.74, 6) is 0. The van der Waals surface area contributed by atoms with Crippen LogP contribution in [0.4, 0.5) is 18.9 Å². The quantitative estimate of drug-likeness (QED) is 0.589. The summed E-state index contributed by atoms with van der Waals surface area (Å²) in [7, 11) is 0. The molecule has 2 aromatic rings. The molecule has 2 rings (SSSR count). The van der Waals surface area contributed by atoms with Crippen LogP contribution in [-0.2, 0) is 11.0 Å². The van der Waals surface area contributed by atoms with Gasteiger partial charge in [-0.2, -0.15) is 18.2 Å². The number of aromatic amines is 1. The summed E-state index contributed by atoms with van der Waals surface area (Å²) >= 11 is 0. The van der Waals surface area contributed by atoms with E-state index in [1.807, 2.05) is 0 Å². The zero-order valence-electron chi connectivity index (χ0n) is 7.80. The molecule has 0 radical (unpaired) electrons. The highest BCUT2D eigenvalue weighted by atomic mass is 19.4. The summed E-state index contributed by atoms with van der Waals surface area (Å²) in [6, 6.07) is 3.21. The normalized spacial score (nSPS) is 11.4. The van der Waals surface area contributed by atoms with Gasteiger partial charge in [-0.1, -0.05) is 0 Å². The maximum Gasteiger partial charge on any atom is 0.416 e. The first kappa shape index (κ1) is 10.4. The van der Waals surface area contributed by atoms with Crippen LogP contribution < -0.4 is 0 Å². The van der Waals surface area contributed by atoms with E-state index in [0.29, 0.717) is 5.52 Å². The highest BCUT2D eigenvalue weighted by Crippen LogP contribution is 2.34. The maximum absolute atomic E-state index is 12.4. The van der Waals surface area contributed by atoms with Gasteiger partial charge in [-0.15, -0.1) is 0 Å². The lowest BCUT2D eigenvalue weighted by atomic mass is 10.1. The second-order valence-electron chi connectivity index (χ2n) is 3.14. The molecule has 1 N–H and O–H groups in total. The molecule has 6 heteroatoms. The van der Waals surface area contributed by atoms with Gasteiger partial charge >= 0.3 is 6.18 Å². The Balaban J connectivity index is 2.67. The average Bonchev–Trinajstić information content (AvgIpc) is 2.60. The van der Waals surface area contributed by atoms with Gasteiger partial charge in [-0.05, 0) is 18.2 Å². The summed E-state index contributed by atoms with van der Waals surface area (Å²) in [6.45, 7) is 0. The first-order chi connectivity index (χ1) is 7.52. The second kappa shape index (κ2) is 3.50. The van der Waals surface area contributed by atoms with E-state index in [4.69, 9.17) is 0 Å². The second-order valence-corrected chi connectivity index (χ2v) is 3.14.